The van der Waals surface area contributed by atoms with Crippen molar-refractivity contribution in [2.45, 2.75) is 32.6 Å². The summed E-state index contributed by atoms with van der Waals surface area (Å²) >= 11 is 0. The fourth-order valence-corrected chi connectivity index (χ4v) is 3.32. The van der Waals surface area contributed by atoms with Gasteiger partial charge < -0.3 is 14.0 Å². The van der Waals surface area contributed by atoms with Gasteiger partial charge in [-0.15, -0.1) is 0 Å². The van der Waals surface area contributed by atoms with Crippen LogP contribution in [0.25, 0.3) is 10.9 Å². The zero-order chi connectivity index (χ0) is 21.3. The molecule has 158 valence electrons. The largest absolute Gasteiger partial charge is 0.493 e. The molecule has 2 aromatic carbocycles. The second kappa shape index (κ2) is 10.5. The molecule has 6 nitrogen and oxygen atoms in total. The lowest BCUT2D eigenvalue weighted by Crippen LogP contribution is -2.20. The van der Waals surface area contributed by atoms with Crippen molar-refractivity contribution in [3.8, 4) is 11.5 Å². The zero-order valence-corrected chi connectivity index (χ0v) is 17.9. The standard InChI is InChI=1S/C24H29N3O3/c1-4-5-6-9-14-30-22-13-12-18(15-23(22)29-3)17-25-26-24(28)21-16-19-10-7-8-11-20(19)27(21)2/h7-8,10-13,15-17H,4-6,9,14H2,1-3H3,(H,26,28)/b25-17+. The number of amides is 1. The van der Waals surface area contributed by atoms with Crippen LogP contribution in [0.1, 0.15) is 48.7 Å². The van der Waals surface area contributed by atoms with Crippen molar-refractivity contribution in [1.29, 1.82) is 0 Å². The Morgan fingerprint density at radius 2 is 1.93 bits per heavy atom. The Hall–Kier alpha value is -3.28. The lowest BCUT2D eigenvalue weighted by molar-refractivity contribution is 0.0947. The summed E-state index contributed by atoms with van der Waals surface area (Å²) < 4.78 is 13.1. The van der Waals surface area contributed by atoms with E-state index in [-0.39, 0.29) is 5.91 Å². The molecule has 0 fully saturated rings. The highest BCUT2D eigenvalue weighted by molar-refractivity contribution is 5.99. The van der Waals surface area contributed by atoms with Crippen molar-refractivity contribution in [1.82, 2.24) is 9.99 Å². The van der Waals surface area contributed by atoms with E-state index >= 15 is 0 Å². The lowest BCUT2D eigenvalue weighted by atomic mass is 10.2. The van der Waals surface area contributed by atoms with E-state index in [1.807, 2.05) is 60.1 Å². The van der Waals surface area contributed by atoms with Gasteiger partial charge in [0.15, 0.2) is 11.5 Å². The van der Waals surface area contributed by atoms with Crippen LogP contribution in [-0.4, -0.2) is 30.4 Å². The normalized spacial score (nSPS) is 11.2. The molecule has 1 N–H and O–H groups in total. The molecular formula is C24H29N3O3. The molecular weight excluding hydrogens is 378 g/mol. The molecule has 1 heterocycles. The molecule has 3 rings (SSSR count). The van der Waals surface area contributed by atoms with Gasteiger partial charge in [0.25, 0.3) is 5.91 Å². The van der Waals surface area contributed by atoms with Gasteiger partial charge in [0.1, 0.15) is 5.69 Å². The number of fused-ring (bicyclic) bond motifs is 1. The minimum Gasteiger partial charge on any atom is -0.493 e. The number of carbonyl (C=O) groups is 1. The maximum Gasteiger partial charge on any atom is 0.287 e. The molecule has 0 bridgehead atoms. The van der Waals surface area contributed by atoms with Gasteiger partial charge in [-0.2, -0.15) is 5.10 Å². The Balaban J connectivity index is 1.61. The number of nitrogens with zero attached hydrogens (tertiary/aromatic N) is 2. The number of rotatable bonds is 10. The summed E-state index contributed by atoms with van der Waals surface area (Å²) in [7, 11) is 3.48. The molecule has 6 heteroatoms. The van der Waals surface area contributed by atoms with Crippen molar-refractivity contribution in [2.24, 2.45) is 12.1 Å². The summed E-state index contributed by atoms with van der Waals surface area (Å²) in [4.78, 5) is 12.5. The van der Waals surface area contributed by atoms with E-state index in [9.17, 15) is 4.79 Å². The van der Waals surface area contributed by atoms with E-state index in [2.05, 4.69) is 17.5 Å². The smallest absolute Gasteiger partial charge is 0.287 e. The van der Waals surface area contributed by atoms with E-state index in [4.69, 9.17) is 9.47 Å². The number of nitrogens with one attached hydrogen (secondary N) is 1. The molecule has 1 aromatic heterocycles. The topological polar surface area (TPSA) is 64.8 Å². The van der Waals surface area contributed by atoms with Crippen LogP contribution in [0.2, 0.25) is 0 Å². The number of hydrogen-bond acceptors (Lipinski definition) is 4. The predicted octanol–water partition coefficient (Wildman–Crippen LogP) is 4.91. The number of para-hydroxylation sites is 1. The van der Waals surface area contributed by atoms with Gasteiger partial charge in [0.2, 0.25) is 0 Å². The Kier molecular flexibility index (Phi) is 7.49. The fraction of sp³-hybridized carbons (Fsp3) is 0.333. The van der Waals surface area contributed by atoms with Crippen molar-refractivity contribution in [3.63, 3.8) is 0 Å². The van der Waals surface area contributed by atoms with E-state index in [0.717, 1.165) is 22.9 Å². The Morgan fingerprint density at radius 1 is 1.10 bits per heavy atom. The van der Waals surface area contributed by atoms with E-state index < -0.39 is 0 Å². The number of aryl methyl sites for hydroxylation is 1. The number of methoxy groups -OCH3 is 1. The maximum atomic E-state index is 12.5. The van der Waals surface area contributed by atoms with Crippen LogP contribution in [0.5, 0.6) is 11.5 Å². The molecule has 0 aliphatic heterocycles. The lowest BCUT2D eigenvalue weighted by Gasteiger charge is -2.11. The van der Waals surface area contributed by atoms with Crippen LogP contribution in [0.4, 0.5) is 0 Å². The molecule has 3 aromatic rings. The van der Waals surface area contributed by atoms with Crippen LogP contribution < -0.4 is 14.9 Å². The van der Waals surface area contributed by atoms with Crippen LogP contribution in [-0.2, 0) is 7.05 Å². The summed E-state index contributed by atoms with van der Waals surface area (Å²) in [5.74, 6) is 1.10. The number of hydrogen-bond donors (Lipinski definition) is 1. The first-order valence-electron chi connectivity index (χ1n) is 10.3. The first kappa shape index (κ1) is 21.4. The number of benzene rings is 2. The second-order valence-corrected chi connectivity index (χ2v) is 7.17. The summed E-state index contributed by atoms with van der Waals surface area (Å²) in [6.07, 6.45) is 6.21. The van der Waals surface area contributed by atoms with Crippen LogP contribution in [0.15, 0.2) is 53.6 Å². The number of hydrazone groups is 1. The van der Waals surface area contributed by atoms with Crippen LogP contribution >= 0.6 is 0 Å². The third kappa shape index (κ3) is 5.20. The molecule has 0 atom stereocenters. The van der Waals surface area contributed by atoms with E-state index in [1.54, 1.807) is 13.3 Å². The molecule has 0 saturated heterocycles. The van der Waals surface area contributed by atoms with Crippen LogP contribution in [0, 0.1) is 0 Å². The summed E-state index contributed by atoms with van der Waals surface area (Å²) in [5, 5.41) is 5.11. The van der Waals surface area contributed by atoms with Gasteiger partial charge >= 0.3 is 0 Å². The van der Waals surface area contributed by atoms with Crippen molar-refractivity contribution < 1.29 is 14.3 Å². The van der Waals surface area contributed by atoms with Gasteiger partial charge in [-0.1, -0.05) is 44.4 Å². The SMILES string of the molecule is CCCCCCOc1ccc(/C=N/NC(=O)c2cc3ccccc3n2C)cc1OC. The Labute approximate surface area is 177 Å². The molecule has 0 unspecified atom stereocenters. The molecule has 30 heavy (non-hydrogen) atoms. The van der Waals surface area contributed by atoms with Gasteiger partial charge in [-0.3, -0.25) is 4.79 Å². The van der Waals surface area contributed by atoms with Gasteiger partial charge in [0, 0.05) is 18.0 Å². The van der Waals surface area contributed by atoms with Crippen molar-refractivity contribution in [3.05, 3.63) is 59.8 Å². The first-order chi connectivity index (χ1) is 14.6. The van der Waals surface area contributed by atoms with E-state index in [1.165, 1.54) is 19.3 Å². The molecule has 0 saturated carbocycles. The average Bonchev–Trinajstić information content (AvgIpc) is 3.11. The summed E-state index contributed by atoms with van der Waals surface area (Å²) in [6.45, 7) is 2.86. The zero-order valence-electron chi connectivity index (χ0n) is 17.9. The third-order valence-electron chi connectivity index (χ3n) is 5.01. The maximum absolute atomic E-state index is 12.5. The highest BCUT2D eigenvalue weighted by Gasteiger charge is 2.12. The monoisotopic (exact) mass is 407 g/mol. The molecule has 0 radical (unpaired) electrons. The van der Waals surface area contributed by atoms with Crippen molar-refractivity contribution >= 4 is 23.0 Å². The Morgan fingerprint density at radius 3 is 2.70 bits per heavy atom. The minimum absolute atomic E-state index is 0.260. The molecule has 1 amide bonds. The van der Waals surface area contributed by atoms with Gasteiger partial charge in [0.05, 0.1) is 19.9 Å². The summed E-state index contributed by atoms with van der Waals surface area (Å²) in [6, 6.07) is 15.3. The molecule has 0 aliphatic carbocycles. The number of unbranched alkanes of at least 4 members (excludes halogenated alkanes) is 3. The third-order valence-corrected chi connectivity index (χ3v) is 5.01. The second-order valence-electron chi connectivity index (χ2n) is 7.17. The van der Waals surface area contributed by atoms with Gasteiger partial charge in [-0.25, -0.2) is 5.43 Å². The number of aromatic nitrogens is 1. The van der Waals surface area contributed by atoms with Crippen LogP contribution in [0.3, 0.4) is 0 Å². The fourth-order valence-electron chi connectivity index (χ4n) is 3.32. The molecule has 0 spiro atoms. The minimum atomic E-state index is -0.260. The highest BCUT2D eigenvalue weighted by atomic mass is 16.5. The van der Waals surface area contributed by atoms with Gasteiger partial charge in [-0.05, 0) is 42.3 Å². The molecule has 0 aliphatic rings. The quantitative estimate of drug-likeness (QED) is 0.295. The Bertz CT molecular complexity index is 1020. The number of carbonyl (C=O) groups excluding carboxylic acids is 1. The average molecular weight is 408 g/mol. The first-order valence-corrected chi connectivity index (χ1v) is 10.3. The highest BCUT2D eigenvalue weighted by Crippen LogP contribution is 2.27. The van der Waals surface area contributed by atoms with E-state index in [0.29, 0.717) is 23.8 Å². The number of ether oxygens (including phenoxy) is 2. The predicted molar refractivity (Wildman–Crippen MR) is 121 cm³/mol. The summed E-state index contributed by atoms with van der Waals surface area (Å²) in [5.41, 5.74) is 4.96. The van der Waals surface area contributed by atoms with Crippen molar-refractivity contribution in [2.75, 3.05) is 13.7 Å².